The molecule has 1 rings (SSSR count). The molecule has 0 aliphatic carbocycles. The highest BCUT2D eigenvalue weighted by molar-refractivity contribution is 5.67. The molecule has 58 valence electrons. The number of rotatable bonds is 0. The highest BCUT2D eigenvalue weighted by Crippen LogP contribution is 2.14. The Morgan fingerprint density at radius 2 is 2.50 bits per heavy atom. The molecule has 1 amide bonds. The molecule has 1 aliphatic rings. The molecule has 4 heteroatoms. The average Bonchev–Trinajstić information content (AvgIpc) is 2.34. The van der Waals surface area contributed by atoms with E-state index in [2.05, 4.69) is 11.8 Å². The van der Waals surface area contributed by atoms with Gasteiger partial charge in [-0.25, -0.2) is 4.79 Å². The molecular formula is C6H12N2O2. The van der Waals surface area contributed by atoms with Gasteiger partial charge in [-0.3, -0.25) is 0 Å². The number of likely N-dealkylation sites (tertiary alicyclic amines) is 1. The van der Waals surface area contributed by atoms with E-state index < -0.39 is 6.09 Å². The molecule has 0 spiro atoms. The average molecular weight is 144 g/mol. The minimum atomic E-state index is -0.413. The van der Waals surface area contributed by atoms with E-state index in [1.807, 2.05) is 0 Å². The second kappa shape index (κ2) is 2.88. The van der Waals surface area contributed by atoms with Crippen LogP contribution in [0, 0.1) is 5.92 Å². The van der Waals surface area contributed by atoms with Crippen LogP contribution in [0.2, 0.25) is 0 Å². The molecule has 0 bridgehead atoms. The molecular weight excluding hydrogens is 132 g/mol. The van der Waals surface area contributed by atoms with Crippen molar-refractivity contribution in [1.29, 1.82) is 0 Å². The van der Waals surface area contributed by atoms with Crippen molar-refractivity contribution < 1.29 is 9.63 Å². The first-order valence-corrected chi connectivity index (χ1v) is 3.39. The van der Waals surface area contributed by atoms with E-state index in [0.717, 1.165) is 19.5 Å². The van der Waals surface area contributed by atoms with E-state index in [9.17, 15) is 4.79 Å². The monoisotopic (exact) mass is 144 g/mol. The first-order valence-electron chi connectivity index (χ1n) is 3.39. The van der Waals surface area contributed by atoms with Gasteiger partial charge in [0.15, 0.2) is 0 Å². The van der Waals surface area contributed by atoms with Crippen molar-refractivity contribution in [3.8, 4) is 0 Å². The van der Waals surface area contributed by atoms with Crippen LogP contribution >= 0.6 is 0 Å². The Morgan fingerprint density at radius 1 is 1.80 bits per heavy atom. The largest absolute Gasteiger partial charge is 0.428 e. The van der Waals surface area contributed by atoms with Crippen molar-refractivity contribution in [1.82, 2.24) is 4.90 Å². The van der Waals surface area contributed by atoms with Gasteiger partial charge >= 0.3 is 6.09 Å². The van der Waals surface area contributed by atoms with E-state index in [0.29, 0.717) is 5.92 Å². The first kappa shape index (κ1) is 7.34. The molecule has 1 saturated heterocycles. The third-order valence-corrected chi connectivity index (χ3v) is 1.78. The molecule has 1 heterocycles. The van der Waals surface area contributed by atoms with Gasteiger partial charge < -0.3 is 9.74 Å². The van der Waals surface area contributed by atoms with Gasteiger partial charge in [-0.1, -0.05) is 6.92 Å². The van der Waals surface area contributed by atoms with Crippen molar-refractivity contribution >= 4 is 6.09 Å². The summed E-state index contributed by atoms with van der Waals surface area (Å²) in [6.45, 7) is 3.65. The predicted molar refractivity (Wildman–Crippen MR) is 36.0 cm³/mol. The highest BCUT2D eigenvalue weighted by atomic mass is 16.7. The van der Waals surface area contributed by atoms with E-state index in [1.54, 1.807) is 4.90 Å². The van der Waals surface area contributed by atoms with E-state index in [4.69, 9.17) is 5.90 Å². The zero-order chi connectivity index (χ0) is 7.56. The van der Waals surface area contributed by atoms with E-state index in [1.165, 1.54) is 0 Å². The van der Waals surface area contributed by atoms with Crippen molar-refractivity contribution in [3.05, 3.63) is 0 Å². The fourth-order valence-electron chi connectivity index (χ4n) is 1.18. The quantitative estimate of drug-likeness (QED) is 0.499. The maximum absolute atomic E-state index is 10.7. The number of hydrogen-bond donors (Lipinski definition) is 1. The Labute approximate surface area is 59.9 Å². The van der Waals surface area contributed by atoms with Crippen LogP contribution in [-0.4, -0.2) is 24.1 Å². The maximum Gasteiger partial charge on any atom is 0.428 e. The number of nitrogens with zero attached hydrogens (tertiary/aromatic N) is 1. The number of hydrogen-bond acceptors (Lipinski definition) is 3. The van der Waals surface area contributed by atoms with Crippen LogP contribution < -0.4 is 5.90 Å². The summed E-state index contributed by atoms with van der Waals surface area (Å²) >= 11 is 0. The van der Waals surface area contributed by atoms with Crippen LogP contribution in [0.4, 0.5) is 4.79 Å². The lowest BCUT2D eigenvalue weighted by molar-refractivity contribution is 0.110. The predicted octanol–water partition coefficient (Wildman–Crippen LogP) is 0.339. The Kier molecular flexibility index (Phi) is 2.11. The van der Waals surface area contributed by atoms with Gasteiger partial charge in [-0.15, -0.1) is 0 Å². The summed E-state index contributed by atoms with van der Waals surface area (Å²) in [7, 11) is 0. The number of carbonyl (C=O) groups is 1. The fraction of sp³-hybridized carbons (Fsp3) is 0.833. The van der Waals surface area contributed by atoms with Gasteiger partial charge in [0.2, 0.25) is 0 Å². The summed E-state index contributed by atoms with van der Waals surface area (Å²) < 4.78 is 0. The van der Waals surface area contributed by atoms with Crippen LogP contribution in [0.3, 0.4) is 0 Å². The van der Waals surface area contributed by atoms with Gasteiger partial charge in [0.1, 0.15) is 0 Å². The second-order valence-electron chi connectivity index (χ2n) is 2.72. The van der Waals surface area contributed by atoms with E-state index >= 15 is 0 Å². The first-order chi connectivity index (χ1) is 4.74. The lowest BCUT2D eigenvalue weighted by Crippen LogP contribution is -2.30. The molecule has 0 saturated carbocycles. The Hall–Kier alpha value is -0.770. The molecule has 10 heavy (non-hydrogen) atoms. The van der Waals surface area contributed by atoms with E-state index in [-0.39, 0.29) is 0 Å². The SMILES string of the molecule is CC1CCN(C(=O)ON)C1. The van der Waals surface area contributed by atoms with Gasteiger partial charge in [-0.2, -0.15) is 5.90 Å². The molecule has 0 aromatic heterocycles. The molecule has 2 N–H and O–H groups in total. The lowest BCUT2D eigenvalue weighted by Gasteiger charge is -2.11. The zero-order valence-electron chi connectivity index (χ0n) is 6.04. The van der Waals surface area contributed by atoms with Crippen molar-refractivity contribution in [2.45, 2.75) is 13.3 Å². The number of carbonyl (C=O) groups excluding carboxylic acids is 1. The highest BCUT2D eigenvalue weighted by Gasteiger charge is 2.23. The molecule has 0 aromatic rings. The minimum Gasteiger partial charge on any atom is -0.357 e. The molecule has 0 aromatic carbocycles. The summed E-state index contributed by atoms with van der Waals surface area (Å²) in [5.41, 5.74) is 0. The van der Waals surface area contributed by atoms with Gasteiger partial charge in [-0.05, 0) is 12.3 Å². The summed E-state index contributed by atoms with van der Waals surface area (Å²) in [6, 6.07) is 0. The third-order valence-electron chi connectivity index (χ3n) is 1.78. The Balaban J connectivity index is 2.37. The minimum absolute atomic E-state index is 0.413. The summed E-state index contributed by atoms with van der Waals surface area (Å²) in [6.07, 6.45) is 0.638. The molecule has 1 fully saturated rings. The standard InChI is InChI=1S/C6H12N2O2/c1-5-2-3-8(4-5)6(9)10-7/h5H,2-4,7H2,1H3. The smallest absolute Gasteiger partial charge is 0.357 e. The zero-order valence-corrected chi connectivity index (χ0v) is 6.04. The number of nitrogens with two attached hydrogens (primary N) is 1. The van der Waals surface area contributed by atoms with Gasteiger partial charge in [0, 0.05) is 13.1 Å². The van der Waals surface area contributed by atoms with Crippen LogP contribution in [0.5, 0.6) is 0 Å². The van der Waals surface area contributed by atoms with Crippen LogP contribution in [0.1, 0.15) is 13.3 Å². The van der Waals surface area contributed by atoms with Gasteiger partial charge in [0.05, 0.1) is 0 Å². The van der Waals surface area contributed by atoms with Crippen LogP contribution in [0.15, 0.2) is 0 Å². The third kappa shape index (κ3) is 1.39. The molecule has 1 unspecified atom stereocenters. The van der Waals surface area contributed by atoms with Crippen LogP contribution in [-0.2, 0) is 4.84 Å². The van der Waals surface area contributed by atoms with Crippen molar-refractivity contribution in [2.75, 3.05) is 13.1 Å². The lowest BCUT2D eigenvalue weighted by atomic mass is 10.2. The van der Waals surface area contributed by atoms with Gasteiger partial charge in [0.25, 0.3) is 0 Å². The summed E-state index contributed by atoms with van der Waals surface area (Å²) in [5, 5.41) is 0. The van der Waals surface area contributed by atoms with Crippen LogP contribution in [0.25, 0.3) is 0 Å². The second-order valence-corrected chi connectivity index (χ2v) is 2.72. The molecule has 1 atom stereocenters. The maximum atomic E-state index is 10.7. The Bertz CT molecular complexity index is 138. The molecule has 1 aliphatic heterocycles. The van der Waals surface area contributed by atoms with Crippen molar-refractivity contribution in [3.63, 3.8) is 0 Å². The topological polar surface area (TPSA) is 55.6 Å². The normalized spacial score (nSPS) is 25.0. The van der Waals surface area contributed by atoms with Crippen molar-refractivity contribution in [2.24, 2.45) is 11.8 Å². The molecule has 4 nitrogen and oxygen atoms in total. The fourth-order valence-corrected chi connectivity index (χ4v) is 1.18. The summed E-state index contributed by atoms with van der Waals surface area (Å²) in [5.74, 6) is 5.29. The molecule has 0 radical (unpaired) electrons. The summed E-state index contributed by atoms with van der Waals surface area (Å²) in [4.78, 5) is 16.4. The number of amides is 1. The Morgan fingerprint density at radius 3 is 2.90 bits per heavy atom.